The highest BCUT2D eigenvalue weighted by atomic mass is 16.5. The smallest absolute Gasteiger partial charge is 0.228 e. The Morgan fingerprint density at radius 2 is 2.18 bits per heavy atom. The minimum absolute atomic E-state index is 0.0779. The number of aryl methyl sites for hydroxylation is 3. The normalized spacial score (nSPS) is 22.4. The second kappa shape index (κ2) is 5.83. The molecule has 2 atom stereocenters. The monoisotopic (exact) mass is 304 g/mol. The second-order valence-electron chi connectivity index (χ2n) is 7.13. The molecule has 6 nitrogen and oxygen atoms in total. The van der Waals surface area contributed by atoms with E-state index in [1.165, 1.54) is 0 Å². The van der Waals surface area contributed by atoms with E-state index in [4.69, 9.17) is 9.26 Å². The van der Waals surface area contributed by atoms with Crippen molar-refractivity contribution in [3.05, 3.63) is 29.7 Å². The summed E-state index contributed by atoms with van der Waals surface area (Å²) < 4.78 is 13.2. The summed E-state index contributed by atoms with van der Waals surface area (Å²) in [5.74, 6) is 1.68. The first-order valence-electron chi connectivity index (χ1n) is 7.86. The van der Waals surface area contributed by atoms with Crippen molar-refractivity contribution in [1.29, 1.82) is 0 Å². The summed E-state index contributed by atoms with van der Waals surface area (Å²) in [6, 6.07) is 0. The topological polar surface area (TPSA) is 66.0 Å². The van der Waals surface area contributed by atoms with Gasteiger partial charge in [-0.15, -0.1) is 0 Å². The number of hydrogen-bond acceptors (Lipinski definition) is 5. The van der Waals surface area contributed by atoms with Gasteiger partial charge in [-0.3, -0.25) is 4.68 Å². The Kier molecular flexibility index (Phi) is 4.04. The Hall–Kier alpha value is -1.69. The summed E-state index contributed by atoms with van der Waals surface area (Å²) in [5.41, 5.74) is 1.23. The lowest BCUT2D eigenvalue weighted by Crippen LogP contribution is -2.30. The number of aromatic nitrogens is 4. The van der Waals surface area contributed by atoms with E-state index in [2.05, 4.69) is 36.0 Å². The van der Waals surface area contributed by atoms with Gasteiger partial charge in [-0.25, -0.2) is 0 Å². The van der Waals surface area contributed by atoms with Crippen molar-refractivity contribution in [2.45, 2.75) is 59.1 Å². The number of ether oxygens (including phenoxy) is 1. The maximum atomic E-state index is 5.89. The molecule has 1 saturated heterocycles. The van der Waals surface area contributed by atoms with Crippen molar-refractivity contribution in [2.75, 3.05) is 6.61 Å². The quantitative estimate of drug-likeness (QED) is 0.869. The third kappa shape index (κ3) is 3.21. The van der Waals surface area contributed by atoms with Crippen molar-refractivity contribution in [2.24, 2.45) is 5.41 Å². The molecule has 1 fully saturated rings. The molecule has 1 aliphatic heterocycles. The molecule has 0 bridgehead atoms. The standard InChI is InChI=1S/C16H24N4O2/c1-11-9-17-20(10-11)7-5-13-18-15(19-22-13)12-6-8-21-14(12)16(2,3)4/h9-10,12,14H,5-8H2,1-4H3/t12-,14-/m0/s1. The molecular formula is C16H24N4O2. The van der Waals surface area contributed by atoms with Crippen LogP contribution in [0.25, 0.3) is 0 Å². The van der Waals surface area contributed by atoms with Gasteiger partial charge in [-0.05, 0) is 24.3 Å². The number of nitrogens with zero attached hydrogens (tertiary/aromatic N) is 4. The third-order valence-electron chi connectivity index (χ3n) is 4.08. The van der Waals surface area contributed by atoms with Crippen LogP contribution in [-0.4, -0.2) is 32.6 Å². The molecule has 0 spiro atoms. The zero-order valence-corrected chi connectivity index (χ0v) is 13.7. The highest BCUT2D eigenvalue weighted by Gasteiger charge is 2.40. The van der Waals surface area contributed by atoms with Gasteiger partial charge in [0, 0.05) is 25.8 Å². The van der Waals surface area contributed by atoms with Gasteiger partial charge in [-0.1, -0.05) is 25.9 Å². The van der Waals surface area contributed by atoms with Crippen LogP contribution in [0.4, 0.5) is 0 Å². The van der Waals surface area contributed by atoms with Gasteiger partial charge in [0.2, 0.25) is 5.89 Å². The van der Waals surface area contributed by atoms with Crippen molar-refractivity contribution in [1.82, 2.24) is 19.9 Å². The van der Waals surface area contributed by atoms with Gasteiger partial charge >= 0.3 is 0 Å². The van der Waals surface area contributed by atoms with Gasteiger partial charge in [0.1, 0.15) is 0 Å². The van der Waals surface area contributed by atoms with E-state index in [0.29, 0.717) is 12.3 Å². The van der Waals surface area contributed by atoms with Crippen LogP contribution in [-0.2, 0) is 17.7 Å². The van der Waals surface area contributed by atoms with E-state index >= 15 is 0 Å². The van der Waals surface area contributed by atoms with Gasteiger partial charge in [0.05, 0.1) is 18.2 Å². The minimum Gasteiger partial charge on any atom is -0.377 e. The first kappa shape index (κ1) is 15.2. The van der Waals surface area contributed by atoms with Gasteiger partial charge in [-0.2, -0.15) is 10.1 Å². The third-order valence-corrected chi connectivity index (χ3v) is 4.08. The molecule has 120 valence electrons. The first-order chi connectivity index (χ1) is 10.4. The highest BCUT2D eigenvalue weighted by Crippen LogP contribution is 2.39. The molecular weight excluding hydrogens is 280 g/mol. The Labute approximate surface area is 130 Å². The fourth-order valence-electron chi connectivity index (χ4n) is 3.03. The molecule has 3 heterocycles. The highest BCUT2D eigenvalue weighted by molar-refractivity contribution is 5.05. The predicted octanol–water partition coefficient (Wildman–Crippen LogP) is 2.74. The summed E-state index contributed by atoms with van der Waals surface area (Å²) in [5, 5.41) is 8.45. The summed E-state index contributed by atoms with van der Waals surface area (Å²) >= 11 is 0. The van der Waals surface area contributed by atoms with E-state index in [9.17, 15) is 0 Å². The van der Waals surface area contributed by atoms with Crippen LogP contribution in [0.15, 0.2) is 16.9 Å². The molecule has 0 unspecified atom stereocenters. The minimum atomic E-state index is 0.0779. The van der Waals surface area contributed by atoms with Crippen molar-refractivity contribution < 1.29 is 9.26 Å². The molecule has 2 aromatic rings. The van der Waals surface area contributed by atoms with Crippen LogP contribution >= 0.6 is 0 Å². The van der Waals surface area contributed by atoms with Crippen LogP contribution in [0.1, 0.15) is 50.4 Å². The van der Waals surface area contributed by atoms with E-state index in [1.807, 2.05) is 24.0 Å². The van der Waals surface area contributed by atoms with Crippen LogP contribution in [0, 0.1) is 12.3 Å². The molecule has 0 radical (unpaired) electrons. The van der Waals surface area contributed by atoms with Crippen molar-refractivity contribution in [3.63, 3.8) is 0 Å². The molecule has 6 heteroatoms. The Bertz CT molecular complexity index is 626. The fourth-order valence-corrected chi connectivity index (χ4v) is 3.03. The summed E-state index contributed by atoms with van der Waals surface area (Å²) in [4.78, 5) is 4.58. The van der Waals surface area contributed by atoms with E-state index < -0.39 is 0 Å². The van der Waals surface area contributed by atoms with Crippen molar-refractivity contribution in [3.8, 4) is 0 Å². The summed E-state index contributed by atoms with van der Waals surface area (Å²) in [7, 11) is 0. The molecule has 0 amide bonds. The SMILES string of the molecule is Cc1cnn(CCc2nc([C@H]3CCO[C@@H]3C(C)(C)C)no2)c1. The molecule has 22 heavy (non-hydrogen) atoms. The van der Waals surface area contributed by atoms with Gasteiger partial charge in [0.15, 0.2) is 5.82 Å². The second-order valence-corrected chi connectivity index (χ2v) is 7.13. The van der Waals surface area contributed by atoms with Crippen molar-refractivity contribution >= 4 is 0 Å². The molecule has 0 aromatic carbocycles. The predicted molar refractivity (Wildman–Crippen MR) is 81.5 cm³/mol. The lowest BCUT2D eigenvalue weighted by atomic mass is 9.81. The average Bonchev–Trinajstić information content (AvgIpc) is 3.15. The average molecular weight is 304 g/mol. The lowest BCUT2D eigenvalue weighted by molar-refractivity contribution is 0.0193. The van der Waals surface area contributed by atoms with Crippen LogP contribution in [0.5, 0.6) is 0 Å². The zero-order valence-electron chi connectivity index (χ0n) is 13.7. The zero-order chi connectivity index (χ0) is 15.7. The molecule has 3 rings (SSSR count). The van der Waals surface area contributed by atoms with E-state index in [0.717, 1.165) is 31.0 Å². The Morgan fingerprint density at radius 3 is 2.86 bits per heavy atom. The first-order valence-corrected chi connectivity index (χ1v) is 7.86. The molecule has 0 saturated carbocycles. The Balaban J connectivity index is 1.65. The van der Waals surface area contributed by atoms with Gasteiger partial charge < -0.3 is 9.26 Å². The molecule has 0 aliphatic carbocycles. The van der Waals surface area contributed by atoms with Crippen LogP contribution in [0.2, 0.25) is 0 Å². The maximum absolute atomic E-state index is 5.89. The molecule has 0 N–H and O–H groups in total. The van der Waals surface area contributed by atoms with Gasteiger partial charge in [0.25, 0.3) is 0 Å². The fraction of sp³-hybridized carbons (Fsp3) is 0.688. The van der Waals surface area contributed by atoms with E-state index in [-0.39, 0.29) is 17.4 Å². The number of rotatable bonds is 4. The lowest BCUT2D eigenvalue weighted by Gasteiger charge is -2.29. The maximum Gasteiger partial charge on any atom is 0.228 e. The summed E-state index contributed by atoms with van der Waals surface area (Å²) in [6.07, 6.45) is 5.66. The molecule has 1 aliphatic rings. The molecule has 2 aromatic heterocycles. The summed E-state index contributed by atoms with van der Waals surface area (Å²) in [6.45, 7) is 10.1. The Morgan fingerprint density at radius 1 is 1.36 bits per heavy atom. The van der Waals surface area contributed by atoms with Crippen LogP contribution < -0.4 is 0 Å². The van der Waals surface area contributed by atoms with E-state index in [1.54, 1.807) is 0 Å². The number of hydrogen-bond donors (Lipinski definition) is 0. The largest absolute Gasteiger partial charge is 0.377 e. The van der Waals surface area contributed by atoms with Crippen LogP contribution in [0.3, 0.4) is 0 Å².